The number of nitrogens with two attached hydrogens (primary N) is 1. The maximum Gasteiger partial charge on any atom is 0.0227 e. The van der Waals surface area contributed by atoms with Gasteiger partial charge in [0.1, 0.15) is 0 Å². The third-order valence-electron chi connectivity index (χ3n) is 3.83. The molecule has 0 amide bonds. The minimum Gasteiger partial charge on any atom is -0.329 e. The molecule has 3 unspecified atom stereocenters. The van der Waals surface area contributed by atoms with E-state index < -0.39 is 0 Å². The van der Waals surface area contributed by atoms with Gasteiger partial charge in [-0.25, -0.2) is 0 Å². The quantitative estimate of drug-likeness (QED) is 0.786. The number of rotatable bonds is 5. The summed E-state index contributed by atoms with van der Waals surface area (Å²) in [4.78, 5) is 5.06. The first-order chi connectivity index (χ1) is 7.60. The first kappa shape index (κ1) is 14.3. The topological polar surface area (TPSA) is 32.5 Å². The van der Waals surface area contributed by atoms with Crippen molar-refractivity contribution in [2.75, 3.05) is 38.7 Å². The van der Waals surface area contributed by atoms with Gasteiger partial charge in [-0.05, 0) is 39.3 Å². The maximum atomic E-state index is 5.91. The lowest BCUT2D eigenvalue weighted by Gasteiger charge is -2.45. The van der Waals surface area contributed by atoms with E-state index in [1.54, 1.807) is 0 Å². The first-order valence-corrected chi connectivity index (χ1v) is 7.64. The van der Waals surface area contributed by atoms with Gasteiger partial charge >= 0.3 is 0 Å². The highest BCUT2D eigenvalue weighted by Crippen LogP contribution is 2.17. The Kier molecular flexibility index (Phi) is 6.11. The van der Waals surface area contributed by atoms with Gasteiger partial charge in [0.15, 0.2) is 0 Å². The van der Waals surface area contributed by atoms with Crippen molar-refractivity contribution < 1.29 is 0 Å². The molecule has 96 valence electrons. The van der Waals surface area contributed by atoms with E-state index >= 15 is 0 Å². The van der Waals surface area contributed by atoms with Crippen LogP contribution in [0.5, 0.6) is 0 Å². The van der Waals surface area contributed by atoms with Crippen molar-refractivity contribution in [3.8, 4) is 0 Å². The third-order valence-corrected chi connectivity index (χ3v) is 4.48. The molecule has 1 rings (SSSR count). The lowest BCUT2D eigenvalue weighted by atomic mass is 10.1. The van der Waals surface area contributed by atoms with E-state index in [9.17, 15) is 0 Å². The van der Waals surface area contributed by atoms with Gasteiger partial charge in [-0.1, -0.05) is 0 Å². The molecule has 0 saturated carbocycles. The molecule has 0 aromatic heterocycles. The van der Waals surface area contributed by atoms with Crippen molar-refractivity contribution in [1.29, 1.82) is 0 Å². The Hall–Kier alpha value is 0.230. The van der Waals surface area contributed by atoms with Crippen LogP contribution in [0.4, 0.5) is 0 Å². The van der Waals surface area contributed by atoms with E-state index in [1.807, 2.05) is 11.8 Å². The van der Waals surface area contributed by atoms with Crippen molar-refractivity contribution in [2.45, 2.75) is 38.4 Å². The summed E-state index contributed by atoms with van der Waals surface area (Å²) >= 11 is 1.92. The van der Waals surface area contributed by atoms with Gasteiger partial charge in [-0.2, -0.15) is 11.8 Å². The van der Waals surface area contributed by atoms with Crippen LogP contribution in [0.15, 0.2) is 0 Å². The summed E-state index contributed by atoms with van der Waals surface area (Å²) in [5.41, 5.74) is 5.91. The Morgan fingerprint density at radius 3 is 2.31 bits per heavy atom. The molecule has 1 aliphatic heterocycles. The van der Waals surface area contributed by atoms with Crippen LogP contribution in [0.3, 0.4) is 0 Å². The summed E-state index contributed by atoms with van der Waals surface area (Å²) in [6.45, 7) is 7.74. The minimum atomic E-state index is 0.575. The summed E-state index contributed by atoms with van der Waals surface area (Å²) in [7, 11) is 2.23. The fraction of sp³-hybridized carbons (Fsp3) is 1.00. The molecule has 0 bridgehead atoms. The third kappa shape index (κ3) is 3.62. The Morgan fingerprint density at radius 1 is 1.31 bits per heavy atom. The average Bonchev–Trinajstić information content (AvgIpc) is 2.26. The molecule has 4 heteroatoms. The van der Waals surface area contributed by atoms with Crippen LogP contribution in [-0.4, -0.2) is 66.6 Å². The average molecular weight is 245 g/mol. The second-order valence-electron chi connectivity index (χ2n) is 4.99. The SMILES string of the molecule is CSCCC(CN)N1CC(C)N(C)C(C)C1. The number of thioether (sulfide) groups is 1. The summed E-state index contributed by atoms with van der Waals surface area (Å²) in [5, 5.41) is 0. The molecule has 1 saturated heterocycles. The zero-order valence-electron chi connectivity index (χ0n) is 11.1. The van der Waals surface area contributed by atoms with Crippen molar-refractivity contribution in [2.24, 2.45) is 5.73 Å². The van der Waals surface area contributed by atoms with Crippen LogP contribution in [0, 0.1) is 0 Å². The van der Waals surface area contributed by atoms with Crippen LogP contribution in [-0.2, 0) is 0 Å². The van der Waals surface area contributed by atoms with Crippen LogP contribution >= 0.6 is 11.8 Å². The second-order valence-corrected chi connectivity index (χ2v) is 5.97. The second kappa shape index (κ2) is 6.84. The van der Waals surface area contributed by atoms with E-state index in [0.717, 1.165) is 19.6 Å². The van der Waals surface area contributed by atoms with Gasteiger partial charge in [0, 0.05) is 37.8 Å². The fourth-order valence-electron chi connectivity index (χ4n) is 2.45. The molecule has 3 nitrogen and oxygen atoms in total. The monoisotopic (exact) mass is 245 g/mol. The molecule has 0 spiro atoms. The molecule has 0 aliphatic carbocycles. The summed E-state index contributed by atoms with van der Waals surface area (Å²) in [6, 6.07) is 1.87. The maximum absolute atomic E-state index is 5.91. The molecule has 0 aromatic carbocycles. The van der Waals surface area contributed by atoms with Gasteiger partial charge in [-0.3, -0.25) is 9.80 Å². The molecule has 0 radical (unpaired) electrons. The van der Waals surface area contributed by atoms with Crippen LogP contribution < -0.4 is 5.73 Å². The summed E-state index contributed by atoms with van der Waals surface area (Å²) < 4.78 is 0. The normalized spacial score (nSPS) is 30.6. The molecular weight excluding hydrogens is 218 g/mol. The molecule has 0 aromatic rings. The van der Waals surface area contributed by atoms with E-state index in [4.69, 9.17) is 5.73 Å². The molecule has 16 heavy (non-hydrogen) atoms. The zero-order valence-corrected chi connectivity index (χ0v) is 12.0. The Labute approximate surface area is 105 Å². The lowest BCUT2D eigenvalue weighted by Crippen LogP contribution is -2.58. The predicted molar refractivity (Wildman–Crippen MR) is 74.1 cm³/mol. The fourth-order valence-corrected chi connectivity index (χ4v) is 2.95. The van der Waals surface area contributed by atoms with Crippen molar-refractivity contribution in [3.63, 3.8) is 0 Å². The number of piperazine rings is 1. The summed E-state index contributed by atoms with van der Waals surface area (Å²) in [6.07, 6.45) is 3.39. The van der Waals surface area contributed by atoms with Crippen LogP contribution in [0.25, 0.3) is 0 Å². The van der Waals surface area contributed by atoms with Crippen LogP contribution in [0.2, 0.25) is 0 Å². The zero-order chi connectivity index (χ0) is 12.1. The smallest absolute Gasteiger partial charge is 0.0227 e. The van der Waals surface area contributed by atoms with Crippen molar-refractivity contribution in [3.05, 3.63) is 0 Å². The largest absolute Gasteiger partial charge is 0.329 e. The van der Waals surface area contributed by atoms with Gasteiger partial charge in [0.25, 0.3) is 0 Å². The van der Waals surface area contributed by atoms with E-state index in [1.165, 1.54) is 12.2 Å². The number of nitrogens with zero attached hydrogens (tertiary/aromatic N) is 2. The molecule has 3 atom stereocenters. The van der Waals surface area contributed by atoms with E-state index in [2.05, 4.69) is 37.0 Å². The Morgan fingerprint density at radius 2 is 1.88 bits per heavy atom. The van der Waals surface area contributed by atoms with Gasteiger partial charge in [0.2, 0.25) is 0 Å². The number of likely N-dealkylation sites (N-methyl/N-ethyl adjacent to an activating group) is 1. The molecular formula is C12H27N3S. The van der Waals surface area contributed by atoms with Gasteiger partial charge in [-0.15, -0.1) is 0 Å². The van der Waals surface area contributed by atoms with E-state index in [-0.39, 0.29) is 0 Å². The Bertz CT molecular complexity index is 189. The lowest BCUT2D eigenvalue weighted by molar-refractivity contribution is 0.0350. The highest BCUT2D eigenvalue weighted by atomic mass is 32.2. The molecule has 2 N–H and O–H groups in total. The van der Waals surface area contributed by atoms with Gasteiger partial charge < -0.3 is 5.73 Å². The predicted octanol–water partition coefficient (Wildman–Crippen LogP) is 1.09. The van der Waals surface area contributed by atoms with Crippen LogP contribution in [0.1, 0.15) is 20.3 Å². The standard InChI is InChI=1S/C12H27N3S/c1-10-8-15(9-11(2)14(10)3)12(7-13)5-6-16-4/h10-12H,5-9,13H2,1-4H3. The van der Waals surface area contributed by atoms with Gasteiger partial charge in [0.05, 0.1) is 0 Å². The van der Waals surface area contributed by atoms with E-state index in [0.29, 0.717) is 18.1 Å². The molecule has 1 aliphatic rings. The molecule has 1 heterocycles. The highest BCUT2D eigenvalue weighted by Gasteiger charge is 2.29. The number of hydrogen-bond acceptors (Lipinski definition) is 4. The first-order valence-electron chi connectivity index (χ1n) is 6.25. The van der Waals surface area contributed by atoms with Crippen molar-refractivity contribution >= 4 is 11.8 Å². The minimum absolute atomic E-state index is 0.575. The molecule has 1 fully saturated rings. The summed E-state index contributed by atoms with van der Waals surface area (Å²) in [5.74, 6) is 1.22. The number of hydrogen-bond donors (Lipinski definition) is 1. The highest BCUT2D eigenvalue weighted by molar-refractivity contribution is 7.98. The Balaban J connectivity index is 2.51. The van der Waals surface area contributed by atoms with Crippen molar-refractivity contribution in [1.82, 2.24) is 9.80 Å².